The van der Waals surface area contributed by atoms with Crippen molar-refractivity contribution in [3.63, 3.8) is 0 Å². The highest BCUT2D eigenvalue weighted by molar-refractivity contribution is 4.76. The quantitative estimate of drug-likeness (QED) is 0.391. The Morgan fingerprint density at radius 3 is 1.58 bits per heavy atom. The first-order chi connectivity index (χ1) is 8.92. The summed E-state index contributed by atoms with van der Waals surface area (Å²) in [4.78, 5) is 0. The van der Waals surface area contributed by atoms with Crippen LogP contribution in [-0.2, 0) is 0 Å². The van der Waals surface area contributed by atoms with Crippen LogP contribution in [0.15, 0.2) is 12.7 Å². The molecule has 0 radical (unpaired) electrons. The van der Waals surface area contributed by atoms with Crippen LogP contribution in [0.25, 0.3) is 0 Å². The molecule has 0 bridgehead atoms. The number of rotatable bonds is 9. The lowest BCUT2D eigenvalue weighted by atomic mass is 9.84. The normalized spacial score (nSPS) is 16.8. The Balaban J connectivity index is 0. The molecule has 0 spiro atoms. The third kappa shape index (κ3) is 14.0. The first kappa shape index (κ1) is 21.0. The summed E-state index contributed by atoms with van der Waals surface area (Å²) in [7, 11) is 0. The lowest BCUT2D eigenvalue weighted by Gasteiger charge is -2.22. The van der Waals surface area contributed by atoms with Gasteiger partial charge >= 0.3 is 0 Å². The van der Waals surface area contributed by atoms with Gasteiger partial charge < -0.3 is 0 Å². The first-order valence-electron chi connectivity index (χ1n) is 8.55. The molecule has 19 heavy (non-hydrogen) atoms. The average Bonchev–Trinajstić information content (AvgIpc) is 2.41. The van der Waals surface area contributed by atoms with Gasteiger partial charge in [0.25, 0.3) is 0 Å². The summed E-state index contributed by atoms with van der Waals surface area (Å²) < 4.78 is 0. The van der Waals surface area contributed by atoms with Gasteiger partial charge in [0, 0.05) is 0 Å². The number of hydrogen-bond acceptors (Lipinski definition) is 0. The molecule has 0 rings (SSSR count). The maximum Gasteiger partial charge on any atom is -0.0265 e. The summed E-state index contributed by atoms with van der Waals surface area (Å²) in [5.41, 5.74) is 0. The monoisotopic (exact) mass is 268 g/mol. The zero-order valence-corrected chi connectivity index (χ0v) is 14.8. The molecule has 0 aromatic heterocycles. The summed E-state index contributed by atoms with van der Waals surface area (Å²) in [6.45, 7) is 19.9. The van der Waals surface area contributed by atoms with Crippen LogP contribution in [-0.4, -0.2) is 0 Å². The second-order valence-electron chi connectivity index (χ2n) is 6.54. The summed E-state index contributed by atoms with van der Waals surface area (Å²) in [5.74, 6) is 3.34. The number of hydrogen-bond donors (Lipinski definition) is 0. The minimum Gasteiger partial charge on any atom is -0.103 e. The molecule has 0 aromatic carbocycles. The van der Waals surface area contributed by atoms with Crippen LogP contribution >= 0.6 is 0 Å². The van der Waals surface area contributed by atoms with Crippen molar-refractivity contribution >= 4 is 0 Å². The molecule has 0 heterocycles. The Morgan fingerprint density at radius 2 is 1.21 bits per heavy atom. The molecule has 4 atom stereocenters. The minimum atomic E-state index is 0.684. The predicted octanol–water partition coefficient (Wildman–Crippen LogP) is 7.10. The zero-order chi connectivity index (χ0) is 15.3. The Hall–Kier alpha value is -0.260. The van der Waals surface area contributed by atoms with E-state index in [9.17, 15) is 0 Å². The molecule has 116 valence electrons. The zero-order valence-electron chi connectivity index (χ0n) is 14.8. The standard InChI is InChI=1S/C16H32.C3H8/c1-7-13(3)9-11-15(5)16(6)12-10-14(4)8-2;1-3-2/h7,13-16H,1,8-12H2,2-6H3;3H2,1-2H3. The molecule has 4 unspecified atom stereocenters. The van der Waals surface area contributed by atoms with Gasteiger partial charge in [-0.2, -0.15) is 0 Å². The van der Waals surface area contributed by atoms with Gasteiger partial charge in [-0.1, -0.05) is 80.2 Å². The molecule has 0 saturated carbocycles. The summed E-state index contributed by atoms with van der Waals surface area (Å²) >= 11 is 0. The topological polar surface area (TPSA) is 0 Å². The minimum absolute atomic E-state index is 0.684. The fraction of sp³-hybridized carbons (Fsp3) is 0.895. The fourth-order valence-electron chi connectivity index (χ4n) is 1.96. The Labute approximate surface area is 124 Å². The van der Waals surface area contributed by atoms with Gasteiger partial charge in [0.05, 0.1) is 0 Å². The predicted molar refractivity (Wildman–Crippen MR) is 91.6 cm³/mol. The van der Waals surface area contributed by atoms with Gasteiger partial charge in [0.2, 0.25) is 0 Å². The molecule has 0 saturated heterocycles. The van der Waals surface area contributed by atoms with Crippen molar-refractivity contribution in [3.8, 4) is 0 Å². The van der Waals surface area contributed by atoms with E-state index >= 15 is 0 Å². The van der Waals surface area contributed by atoms with E-state index in [1.807, 2.05) is 0 Å². The molecule has 0 fully saturated rings. The fourth-order valence-corrected chi connectivity index (χ4v) is 1.96. The highest BCUT2D eigenvalue weighted by Gasteiger charge is 2.13. The second-order valence-corrected chi connectivity index (χ2v) is 6.54. The van der Waals surface area contributed by atoms with Crippen LogP contribution in [0, 0.1) is 23.7 Å². The molecule has 0 aliphatic carbocycles. The molecule has 0 aromatic rings. The van der Waals surface area contributed by atoms with Crippen molar-refractivity contribution in [2.75, 3.05) is 0 Å². The van der Waals surface area contributed by atoms with Gasteiger partial charge in [0.1, 0.15) is 0 Å². The average molecular weight is 269 g/mol. The van der Waals surface area contributed by atoms with Crippen LogP contribution in [0.5, 0.6) is 0 Å². The Morgan fingerprint density at radius 1 is 0.789 bits per heavy atom. The summed E-state index contributed by atoms with van der Waals surface area (Å²) in [6, 6.07) is 0. The van der Waals surface area contributed by atoms with E-state index in [0.29, 0.717) is 5.92 Å². The van der Waals surface area contributed by atoms with E-state index in [4.69, 9.17) is 0 Å². The maximum atomic E-state index is 3.85. The highest BCUT2D eigenvalue weighted by Crippen LogP contribution is 2.25. The van der Waals surface area contributed by atoms with Gasteiger partial charge in [-0.15, -0.1) is 6.58 Å². The SMILES string of the molecule is C=CC(C)CCC(C)C(C)CCC(C)CC.CCC. The highest BCUT2D eigenvalue weighted by atomic mass is 14.2. The van der Waals surface area contributed by atoms with E-state index in [-0.39, 0.29) is 0 Å². The summed E-state index contributed by atoms with van der Waals surface area (Å²) in [5, 5.41) is 0. The van der Waals surface area contributed by atoms with Crippen LogP contribution in [0.4, 0.5) is 0 Å². The molecule has 0 nitrogen and oxygen atoms in total. The number of allylic oxidation sites excluding steroid dienone is 1. The lowest BCUT2D eigenvalue weighted by molar-refractivity contribution is 0.302. The van der Waals surface area contributed by atoms with E-state index in [1.54, 1.807) is 0 Å². The van der Waals surface area contributed by atoms with Gasteiger partial charge in [0.15, 0.2) is 0 Å². The van der Waals surface area contributed by atoms with E-state index < -0.39 is 0 Å². The van der Waals surface area contributed by atoms with E-state index in [2.05, 4.69) is 61.1 Å². The van der Waals surface area contributed by atoms with Crippen LogP contribution in [0.1, 0.15) is 87.0 Å². The first-order valence-corrected chi connectivity index (χ1v) is 8.55. The second kappa shape index (κ2) is 14.2. The largest absolute Gasteiger partial charge is 0.103 e. The molecule has 0 aliphatic rings. The van der Waals surface area contributed by atoms with Gasteiger partial charge in [-0.25, -0.2) is 0 Å². The van der Waals surface area contributed by atoms with Crippen LogP contribution in [0.3, 0.4) is 0 Å². The Bertz CT molecular complexity index is 182. The molecule has 0 aliphatic heterocycles. The van der Waals surface area contributed by atoms with Crippen molar-refractivity contribution < 1.29 is 0 Å². The molecule has 0 heteroatoms. The Kier molecular flexibility index (Phi) is 15.7. The van der Waals surface area contributed by atoms with Gasteiger partial charge in [-0.05, 0) is 36.5 Å². The van der Waals surface area contributed by atoms with Crippen molar-refractivity contribution in [1.82, 2.24) is 0 Å². The maximum absolute atomic E-state index is 3.85. The van der Waals surface area contributed by atoms with Crippen molar-refractivity contribution in [3.05, 3.63) is 12.7 Å². The van der Waals surface area contributed by atoms with E-state index in [1.165, 1.54) is 38.5 Å². The summed E-state index contributed by atoms with van der Waals surface area (Å²) in [6.07, 6.45) is 10.1. The third-order valence-corrected chi connectivity index (χ3v) is 4.26. The molecule has 0 N–H and O–H groups in total. The van der Waals surface area contributed by atoms with Gasteiger partial charge in [-0.3, -0.25) is 0 Å². The van der Waals surface area contributed by atoms with Crippen LogP contribution < -0.4 is 0 Å². The molecular formula is C19H40. The van der Waals surface area contributed by atoms with E-state index in [0.717, 1.165) is 17.8 Å². The van der Waals surface area contributed by atoms with Crippen LogP contribution in [0.2, 0.25) is 0 Å². The third-order valence-electron chi connectivity index (χ3n) is 4.26. The smallest absolute Gasteiger partial charge is 0.0265 e. The van der Waals surface area contributed by atoms with Crippen molar-refractivity contribution in [2.24, 2.45) is 23.7 Å². The molecule has 0 amide bonds. The van der Waals surface area contributed by atoms with Crippen molar-refractivity contribution in [1.29, 1.82) is 0 Å². The van der Waals surface area contributed by atoms with Crippen molar-refractivity contribution in [2.45, 2.75) is 87.0 Å². The lowest BCUT2D eigenvalue weighted by Crippen LogP contribution is -2.10. The molecular weight excluding hydrogens is 228 g/mol.